The maximum atomic E-state index is 8.90. The maximum absolute atomic E-state index is 8.90. The first-order valence-corrected chi connectivity index (χ1v) is 6.41. The number of aromatic nitrogens is 2. The maximum Gasteiger partial charge on any atom is 0.0991 e. The summed E-state index contributed by atoms with van der Waals surface area (Å²) >= 11 is 0. The molecule has 3 aromatic rings. The Morgan fingerprint density at radius 3 is 2.25 bits per heavy atom. The van der Waals surface area contributed by atoms with Gasteiger partial charge in [0, 0.05) is 12.4 Å². The standard InChI is InChI=1S/C17H13N3/c18-12-14-6-8-16(9-7-14)17(20-11-10-19-13-20)15-4-2-1-3-5-15/h1-11,13,17H. The predicted octanol–water partition coefficient (Wildman–Crippen LogP) is 3.39. The van der Waals surface area contributed by atoms with Gasteiger partial charge in [0.15, 0.2) is 0 Å². The highest BCUT2D eigenvalue weighted by Gasteiger charge is 2.15. The van der Waals surface area contributed by atoms with Crippen LogP contribution in [0.4, 0.5) is 0 Å². The van der Waals surface area contributed by atoms with Gasteiger partial charge in [-0.3, -0.25) is 0 Å². The van der Waals surface area contributed by atoms with E-state index in [-0.39, 0.29) is 6.04 Å². The monoisotopic (exact) mass is 259 g/mol. The van der Waals surface area contributed by atoms with Gasteiger partial charge in [0.25, 0.3) is 0 Å². The molecule has 1 heterocycles. The van der Waals surface area contributed by atoms with E-state index in [0.29, 0.717) is 5.56 Å². The minimum atomic E-state index is 0.0754. The van der Waals surface area contributed by atoms with E-state index in [1.807, 2.05) is 55.0 Å². The average molecular weight is 259 g/mol. The molecule has 0 fully saturated rings. The quantitative estimate of drug-likeness (QED) is 0.723. The van der Waals surface area contributed by atoms with Crippen LogP contribution in [0.25, 0.3) is 0 Å². The fourth-order valence-electron chi connectivity index (χ4n) is 2.33. The van der Waals surface area contributed by atoms with Crippen molar-refractivity contribution < 1.29 is 0 Å². The Kier molecular flexibility index (Phi) is 3.30. The van der Waals surface area contributed by atoms with E-state index in [9.17, 15) is 0 Å². The third-order valence-corrected chi connectivity index (χ3v) is 3.29. The summed E-state index contributed by atoms with van der Waals surface area (Å²) in [5.74, 6) is 0. The second kappa shape index (κ2) is 5.41. The van der Waals surface area contributed by atoms with Crippen molar-refractivity contribution in [1.82, 2.24) is 9.55 Å². The Morgan fingerprint density at radius 2 is 1.65 bits per heavy atom. The van der Waals surface area contributed by atoms with E-state index in [2.05, 4.69) is 27.8 Å². The molecule has 3 heteroatoms. The van der Waals surface area contributed by atoms with Gasteiger partial charge in [0.2, 0.25) is 0 Å². The molecule has 0 radical (unpaired) electrons. The van der Waals surface area contributed by atoms with Crippen LogP contribution in [-0.4, -0.2) is 9.55 Å². The summed E-state index contributed by atoms with van der Waals surface area (Å²) in [6, 6.07) is 20.2. The second-order valence-electron chi connectivity index (χ2n) is 4.56. The van der Waals surface area contributed by atoms with Crippen molar-refractivity contribution in [1.29, 1.82) is 5.26 Å². The van der Waals surface area contributed by atoms with Crippen LogP contribution in [0, 0.1) is 11.3 Å². The number of hydrogen-bond acceptors (Lipinski definition) is 2. The minimum absolute atomic E-state index is 0.0754. The van der Waals surface area contributed by atoms with Crippen molar-refractivity contribution in [3.63, 3.8) is 0 Å². The van der Waals surface area contributed by atoms with Crippen LogP contribution in [0.5, 0.6) is 0 Å². The SMILES string of the molecule is N#Cc1ccc(C(c2ccccc2)n2ccnc2)cc1. The van der Waals surface area contributed by atoms with Crippen molar-refractivity contribution in [2.24, 2.45) is 0 Å². The van der Waals surface area contributed by atoms with Crippen molar-refractivity contribution in [2.75, 3.05) is 0 Å². The highest BCUT2D eigenvalue weighted by Crippen LogP contribution is 2.26. The largest absolute Gasteiger partial charge is 0.326 e. The van der Waals surface area contributed by atoms with E-state index < -0.39 is 0 Å². The summed E-state index contributed by atoms with van der Waals surface area (Å²) in [5.41, 5.74) is 3.00. The number of benzene rings is 2. The normalized spacial score (nSPS) is 11.8. The fraction of sp³-hybridized carbons (Fsp3) is 0.0588. The topological polar surface area (TPSA) is 41.6 Å². The molecular formula is C17H13N3. The first-order chi connectivity index (χ1) is 9.88. The van der Waals surface area contributed by atoms with Crippen LogP contribution in [0.3, 0.4) is 0 Å². The van der Waals surface area contributed by atoms with Crippen LogP contribution >= 0.6 is 0 Å². The van der Waals surface area contributed by atoms with Gasteiger partial charge in [-0.2, -0.15) is 5.26 Å². The molecule has 0 aliphatic carbocycles. The summed E-state index contributed by atoms with van der Waals surface area (Å²) in [5, 5.41) is 8.90. The summed E-state index contributed by atoms with van der Waals surface area (Å²) in [6.45, 7) is 0. The number of imidazole rings is 1. The predicted molar refractivity (Wildman–Crippen MR) is 77.1 cm³/mol. The Balaban J connectivity index is 2.08. The summed E-state index contributed by atoms with van der Waals surface area (Å²) in [4.78, 5) is 4.14. The van der Waals surface area contributed by atoms with Crippen molar-refractivity contribution in [3.05, 3.63) is 90.0 Å². The van der Waals surface area contributed by atoms with Crippen molar-refractivity contribution in [3.8, 4) is 6.07 Å². The van der Waals surface area contributed by atoms with Gasteiger partial charge in [-0.1, -0.05) is 42.5 Å². The Bertz CT molecular complexity index is 707. The lowest BCUT2D eigenvalue weighted by atomic mass is 9.98. The Labute approximate surface area is 117 Å². The average Bonchev–Trinajstić information content (AvgIpc) is 3.03. The molecule has 20 heavy (non-hydrogen) atoms. The van der Waals surface area contributed by atoms with Gasteiger partial charge < -0.3 is 4.57 Å². The van der Waals surface area contributed by atoms with Gasteiger partial charge in [0.05, 0.1) is 24.0 Å². The third-order valence-electron chi connectivity index (χ3n) is 3.29. The zero-order valence-corrected chi connectivity index (χ0v) is 10.8. The molecule has 1 unspecified atom stereocenters. The molecule has 2 aromatic carbocycles. The molecule has 96 valence electrons. The van der Waals surface area contributed by atoms with Gasteiger partial charge >= 0.3 is 0 Å². The van der Waals surface area contributed by atoms with Gasteiger partial charge in [0.1, 0.15) is 0 Å². The van der Waals surface area contributed by atoms with E-state index in [1.165, 1.54) is 5.56 Å². The first-order valence-electron chi connectivity index (χ1n) is 6.41. The Hall–Kier alpha value is -2.86. The smallest absolute Gasteiger partial charge is 0.0991 e. The second-order valence-corrected chi connectivity index (χ2v) is 4.56. The molecule has 3 nitrogen and oxygen atoms in total. The molecule has 1 aromatic heterocycles. The molecule has 0 saturated heterocycles. The van der Waals surface area contributed by atoms with Crippen molar-refractivity contribution >= 4 is 0 Å². The van der Waals surface area contributed by atoms with Crippen LogP contribution < -0.4 is 0 Å². The van der Waals surface area contributed by atoms with Gasteiger partial charge in [-0.15, -0.1) is 0 Å². The van der Waals surface area contributed by atoms with Gasteiger partial charge in [-0.25, -0.2) is 4.98 Å². The molecule has 0 spiro atoms. The lowest BCUT2D eigenvalue weighted by Crippen LogP contribution is -2.10. The highest BCUT2D eigenvalue weighted by molar-refractivity contribution is 5.37. The summed E-state index contributed by atoms with van der Waals surface area (Å²) in [6.07, 6.45) is 5.55. The molecular weight excluding hydrogens is 246 g/mol. The zero-order chi connectivity index (χ0) is 13.8. The number of hydrogen-bond donors (Lipinski definition) is 0. The molecule has 0 N–H and O–H groups in total. The highest BCUT2D eigenvalue weighted by atomic mass is 15.0. The third kappa shape index (κ3) is 2.32. The number of rotatable bonds is 3. The minimum Gasteiger partial charge on any atom is -0.326 e. The van der Waals surface area contributed by atoms with Crippen molar-refractivity contribution in [2.45, 2.75) is 6.04 Å². The molecule has 0 aliphatic heterocycles. The lowest BCUT2D eigenvalue weighted by molar-refractivity contribution is 0.677. The molecule has 0 aliphatic rings. The number of nitrogens with zero attached hydrogens (tertiary/aromatic N) is 3. The molecule has 0 bridgehead atoms. The molecule has 0 saturated carbocycles. The van der Waals surface area contributed by atoms with Crippen LogP contribution in [-0.2, 0) is 0 Å². The van der Waals surface area contributed by atoms with E-state index in [0.717, 1.165) is 5.56 Å². The van der Waals surface area contributed by atoms with E-state index in [1.54, 1.807) is 6.20 Å². The lowest BCUT2D eigenvalue weighted by Gasteiger charge is -2.19. The van der Waals surface area contributed by atoms with Gasteiger partial charge in [-0.05, 0) is 23.3 Å². The van der Waals surface area contributed by atoms with E-state index in [4.69, 9.17) is 5.26 Å². The molecule has 1 atom stereocenters. The zero-order valence-electron chi connectivity index (χ0n) is 10.8. The van der Waals surface area contributed by atoms with Crippen LogP contribution in [0.2, 0.25) is 0 Å². The molecule has 3 rings (SSSR count). The Morgan fingerprint density at radius 1 is 0.950 bits per heavy atom. The summed E-state index contributed by atoms with van der Waals surface area (Å²) in [7, 11) is 0. The number of nitriles is 1. The first kappa shape index (κ1) is 12.2. The summed E-state index contributed by atoms with van der Waals surface area (Å²) < 4.78 is 2.07. The van der Waals surface area contributed by atoms with E-state index >= 15 is 0 Å². The fourth-order valence-corrected chi connectivity index (χ4v) is 2.33. The van der Waals surface area contributed by atoms with Crippen LogP contribution in [0.1, 0.15) is 22.7 Å². The van der Waals surface area contributed by atoms with Crippen LogP contribution in [0.15, 0.2) is 73.3 Å². The molecule has 0 amide bonds.